The minimum atomic E-state index is -0.803. The summed E-state index contributed by atoms with van der Waals surface area (Å²) in [5, 5.41) is 13.2. The van der Waals surface area contributed by atoms with Crippen molar-refractivity contribution in [2.45, 2.75) is 25.5 Å². The van der Waals surface area contributed by atoms with Crippen molar-refractivity contribution in [2.75, 3.05) is 7.05 Å². The van der Waals surface area contributed by atoms with E-state index in [0.29, 0.717) is 0 Å². The molecule has 0 spiro atoms. The molecule has 86 valence electrons. The van der Waals surface area contributed by atoms with Gasteiger partial charge in [-0.1, -0.05) is 6.07 Å². The number of hydrogen-bond acceptors (Lipinski definition) is 3. The number of aromatic amines is 1. The second-order valence-electron chi connectivity index (χ2n) is 4.55. The van der Waals surface area contributed by atoms with E-state index < -0.39 is 5.60 Å². The minimum absolute atomic E-state index is 0.0970. The summed E-state index contributed by atoms with van der Waals surface area (Å²) in [6.45, 7) is 3.59. The molecule has 0 aliphatic heterocycles. The Labute approximate surface area is 94.7 Å². The molecule has 1 atom stereocenters. The fourth-order valence-corrected chi connectivity index (χ4v) is 2.06. The zero-order chi connectivity index (χ0) is 11.8. The van der Waals surface area contributed by atoms with Crippen LogP contribution in [-0.2, 0) is 0 Å². The number of fused-ring (bicyclic) bond motifs is 1. The lowest BCUT2D eigenvalue weighted by molar-refractivity contribution is 0.0401. The van der Waals surface area contributed by atoms with E-state index in [9.17, 15) is 5.11 Å². The molecule has 0 saturated heterocycles. The third-order valence-corrected chi connectivity index (χ3v) is 2.77. The fraction of sp³-hybridized carbons (Fsp3) is 0.417. The van der Waals surface area contributed by atoms with Crippen LogP contribution in [0.2, 0.25) is 0 Å². The summed E-state index contributed by atoms with van der Waals surface area (Å²) in [4.78, 5) is 7.24. The van der Waals surface area contributed by atoms with E-state index in [4.69, 9.17) is 0 Å². The van der Waals surface area contributed by atoms with Gasteiger partial charge in [-0.25, -0.2) is 4.98 Å². The van der Waals surface area contributed by atoms with E-state index in [2.05, 4.69) is 15.3 Å². The van der Waals surface area contributed by atoms with Crippen molar-refractivity contribution < 1.29 is 5.11 Å². The third-order valence-electron chi connectivity index (χ3n) is 2.77. The molecule has 3 N–H and O–H groups in total. The van der Waals surface area contributed by atoms with E-state index in [-0.39, 0.29) is 6.04 Å². The van der Waals surface area contributed by atoms with Crippen LogP contribution in [0.5, 0.6) is 0 Å². The van der Waals surface area contributed by atoms with Crippen LogP contribution < -0.4 is 5.32 Å². The number of aromatic nitrogens is 2. The molecule has 0 radical (unpaired) electrons. The van der Waals surface area contributed by atoms with Crippen LogP contribution in [0.3, 0.4) is 0 Å². The molecule has 1 unspecified atom stereocenters. The van der Waals surface area contributed by atoms with Gasteiger partial charge in [-0.2, -0.15) is 0 Å². The van der Waals surface area contributed by atoms with Crippen LogP contribution in [0, 0.1) is 0 Å². The van der Waals surface area contributed by atoms with Crippen LogP contribution in [0.4, 0.5) is 0 Å². The predicted octanol–water partition coefficient (Wildman–Crippen LogP) is 1.59. The summed E-state index contributed by atoms with van der Waals surface area (Å²) >= 11 is 0. The van der Waals surface area contributed by atoms with Crippen LogP contribution in [-0.4, -0.2) is 27.7 Å². The van der Waals surface area contributed by atoms with Gasteiger partial charge in [-0.15, -0.1) is 0 Å². The zero-order valence-corrected chi connectivity index (χ0v) is 9.78. The van der Waals surface area contributed by atoms with Crippen molar-refractivity contribution in [1.82, 2.24) is 15.3 Å². The average Bonchev–Trinajstić information content (AvgIpc) is 2.63. The van der Waals surface area contributed by atoms with Crippen molar-refractivity contribution in [3.63, 3.8) is 0 Å². The standard InChI is InChI=1S/C12H17N3O/c1-12(2,16)11(13-3)8-4-5-9-10(6-8)15-7-14-9/h4-7,11,13,16H,1-3H3,(H,14,15). The first-order valence-corrected chi connectivity index (χ1v) is 5.35. The normalized spacial score (nSPS) is 14.2. The average molecular weight is 219 g/mol. The summed E-state index contributed by atoms with van der Waals surface area (Å²) in [6, 6.07) is 5.86. The number of likely N-dealkylation sites (N-methyl/N-ethyl adjacent to an activating group) is 1. The Hall–Kier alpha value is -1.39. The molecule has 2 aromatic rings. The SMILES string of the molecule is CNC(c1ccc2nc[nH]c2c1)C(C)(C)O. The first-order valence-electron chi connectivity index (χ1n) is 5.35. The highest BCUT2D eigenvalue weighted by molar-refractivity contribution is 5.75. The molecular weight excluding hydrogens is 202 g/mol. The lowest BCUT2D eigenvalue weighted by Gasteiger charge is -2.29. The molecule has 1 aromatic carbocycles. The van der Waals surface area contributed by atoms with Gasteiger partial charge >= 0.3 is 0 Å². The zero-order valence-electron chi connectivity index (χ0n) is 9.78. The molecule has 4 heteroatoms. The van der Waals surface area contributed by atoms with E-state index in [0.717, 1.165) is 16.6 Å². The predicted molar refractivity (Wildman–Crippen MR) is 64.2 cm³/mol. The number of rotatable bonds is 3. The smallest absolute Gasteiger partial charge is 0.0931 e. The van der Waals surface area contributed by atoms with Gasteiger partial charge in [-0.05, 0) is 38.6 Å². The van der Waals surface area contributed by atoms with Crippen LogP contribution in [0.15, 0.2) is 24.5 Å². The van der Waals surface area contributed by atoms with Gasteiger partial charge in [0.2, 0.25) is 0 Å². The molecule has 1 heterocycles. The number of H-pyrrole nitrogens is 1. The molecule has 0 bridgehead atoms. The number of nitrogens with one attached hydrogen (secondary N) is 2. The third kappa shape index (κ3) is 1.94. The van der Waals surface area contributed by atoms with Crippen LogP contribution >= 0.6 is 0 Å². The number of aliphatic hydroxyl groups is 1. The van der Waals surface area contributed by atoms with Crippen molar-refractivity contribution in [3.8, 4) is 0 Å². The quantitative estimate of drug-likeness (QED) is 0.734. The molecule has 0 saturated carbocycles. The topological polar surface area (TPSA) is 60.9 Å². The van der Waals surface area contributed by atoms with Gasteiger partial charge in [0.1, 0.15) is 0 Å². The largest absolute Gasteiger partial charge is 0.388 e. The Kier molecular flexibility index (Phi) is 2.69. The molecule has 0 amide bonds. The fourth-order valence-electron chi connectivity index (χ4n) is 2.06. The highest BCUT2D eigenvalue weighted by atomic mass is 16.3. The Morgan fingerprint density at radius 1 is 1.44 bits per heavy atom. The molecule has 4 nitrogen and oxygen atoms in total. The summed E-state index contributed by atoms with van der Waals surface area (Å²) < 4.78 is 0. The number of hydrogen-bond donors (Lipinski definition) is 3. The summed E-state index contributed by atoms with van der Waals surface area (Å²) in [5.74, 6) is 0. The number of nitrogens with zero attached hydrogens (tertiary/aromatic N) is 1. The second kappa shape index (κ2) is 3.88. The van der Waals surface area contributed by atoms with Crippen molar-refractivity contribution in [3.05, 3.63) is 30.1 Å². The summed E-state index contributed by atoms with van der Waals surface area (Å²) in [7, 11) is 1.85. The maximum Gasteiger partial charge on any atom is 0.0931 e. The lowest BCUT2D eigenvalue weighted by Crippen LogP contribution is -2.37. The van der Waals surface area contributed by atoms with Gasteiger partial charge in [0.05, 0.1) is 29.0 Å². The first kappa shape index (κ1) is 11.1. The Morgan fingerprint density at radius 3 is 2.81 bits per heavy atom. The van der Waals surface area contributed by atoms with Gasteiger partial charge in [0.25, 0.3) is 0 Å². The minimum Gasteiger partial charge on any atom is -0.388 e. The van der Waals surface area contributed by atoms with Gasteiger partial charge in [0, 0.05) is 0 Å². The van der Waals surface area contributed by atoms with Crippen molar-refractivity contribution in [1.29, 1.82) is 0 Å². The Bertz CT molecular complexity index is 484. The van der Waals surface area contributed by atoms with Crippen molar-refractivity contribution >= 4 is 11.0 Å². The highest BCUT2D eigenvalue weighted by Gasteiger charge is 2.26. The summed E-state index contributed by atoms with van der Waals surface area (Å²) in [5.41, 5.74) is 2.17. The van der Waals surface area contributed by atoms with E-state index >= 15 is 0 Å². The maximum absolute atomic E-state index is 10.1. The van der Waals surface area contributed by atoms with E-state index in [1.807, 2.05) is 25.2 Å². The van der Waals surface area contributed by atoms with Crippen LogP contribution in [0.1, 0.15) is 25.5 Å². The van der Waals surface area contributed by atoms with Crippen molar-refractivity contribution in [2.24, 2.45) is 0 Å². The second-order valence-corrected chi connectivity index (χ2v) is 4.55. The van der Waals surface area contributed by atoms with Crippen LogP contribution in [0.25, 0.3) is 11.0 Å². The molecule has 1 aromatic heterocycles. The van der Waals surface area contributed by atoms with Gasteiger partial charge < -0.3 is 15.4 Å². The number of benzene rings is 1. The first-order chi connectivity index (χ1) is 7.52. The molecule has 16 heavy (non-hydrogen) atoms. The van der Waals surface area contributed by atoms with E-state index in [1.54, 1.807) is 20.2 Å². The molecular formula is C12H17N3O. The molecule has 0 aliphatic carbocycles. The van der Waals surface area contributed by atoms with Gasteiger partial charge in [0.15, 0.2) is 0 Å². The van der Waals surface area contributed by atoms with E-state index in [1.165, 1.54) is 0 Å². The highest BCUT2D eigenvalue weighted by Crippen LogP contribution is 2.26. The molecule has 2 rings (SSSR count). The van der Waals surface area contributed by atoms with Gasteiger partial charge in [-0.3, -0.25) is 0 Å². The number of imidazole rings is 1. The Morgan fingerprint density at radius 2 is 2.19 bits per heavy atom. The monoisotopic (exact) mass is 219 g/mol. The Balaban J connectivity index is 2.45. The molecule has 0 aliphatic rings. The summed E-state index contributed by atoms with van der Waals surface area (Å²) in [6.07, 6.45) is 1.67. The lowest BCUT2D eigenvalue weighted by atomic mass is 9.92. The molecule has 0 fully saturated rings. The maximum atomic E-state index is 10.1.